The van der Waals surface area contributed by atoms with Gasteiger partial charge in [0, 0.05) is 11.0 Å². The van der Waals surface area contributed by atoms with Gasteiger partial charge in [-0.05, 0) is 12.5 Å². The molecule has 0 atom stereocenters. The van der Waals surface area contributed by atoms with Crippen LogP contribution in [0.2, 0.25) is 0 Å². The lowest BCUT2D eigenvalue weighted by molar-refractivity contribution is 0.290. The molecule has 64 valence electrons. The third kappa shape index (κ3) is 0.927. The number of hydrogen-bond acceptors (Lipinski definition) is 1. The smallest absolute Gasteiger partial charge is 0.126 e. The quantitative estimate of drug-likeness (QED) is 0.570. The minimum Gasteiger partial charge on any atom is -0.492 e. The van der Waals surface area contributed by atoms with Gasteiger partial charge in [-0.15, -0.1) is 0 Å². The van der Waals surface area contributed by atoms with Crippen LogP contribution >= 0.6 is 0 Å². The topological polar surface area (TPSA) is 9.23 Å². The molecule has 0 N–H and O–H groups in total. The summed E-state index contributed by atoms with van der Waals surface area (Å²) >= 11 is 0. The molecule has 0 saturated heterocycles. The largest absolute Gasteiger partial charge is 0.492 e. The van der Waals surface area contributed by atoms with Gasteiger partial charge in [0.1, 0.15) is 5.75 Å². The van der Waals surface area contributed by atoms with Crippen LogP contribution in [-0.2, 0) is 5.41 Å². The molecule has 1 heterocycles. The van der Waals surface area contributed by atoms with Crippen LogP contribution in [0, 0.1) is 6.92 Å². The first-order valence-corrected chi connectivity index (χ1v) is 4.34. The van der Waals surface area contributed by atoms with E-state index in [4.69, 9.17) is 4.74 Å². The highest BCUT2D eigenvalue weighted by Gasteiger charge is 2.31. The fourth-order valence-corrected chi connectivity index (χ4v) is 1.71. The summed E-state index contributed by atoms with van der Waals surface area (Å²) in [7, 11) is 0. The van der Waals surface area contributed by atoms with Gasteiger partial charge in [0.25, 0.3) is 0 Å². The molecule has 0 fully saturated rings. The first-order valence-electron chi connectivity index (χ1n) is 4.34. The van der Waals surface area contributed by atoms with Crippen LogP contribution in [0.4, 0.5) is 0 Å². The summed E-state index contributed by atoms with van der Waals surface area (Å²) in [5.41, 5.74) is 2.79. The fourth-order valence-electron chi connectivity index (χ4n) is 1.71. The zero-order valence-electron chi connectivity index (χ0n) is 7.85. The second-order valence-corrected chi connectivity index (χ2v) is 4.12. The zero-order chi connectivity index (χ0) is 8.77. The number of fused-ring (bicyclic) bond motifs is 1. The van der Waals surface area contributed by atoms with Gasteiger partial charge < -0.3 is 4.74 Å². The number of ether oxygens (including phenoxy) is 1. The molecule has 0 saturated carbocycles. The van der Waals surface area contributed by atoms with Crippen molar-refractivity contribution >= 4 is 0 Å². The second-order valence-electron chi connectivity index (χ2n) is 4.12. The van der Waals surface area contributed by atoms with Crippen LogP contribution in [0.5, 0.6) is 5.75 Å². The Morgan fingerprint density at radius 3 is 2.75 bits per heavy atom. The van der Waals surface area contributed by atoms with Crippen molar-refractivity contribution in [1.82, 2.24) is 0 Å². The van der Waals surface area contributed by atoms with Crippen molar-refractivity contribution in [3.05, 3.63) is 29.3 Å². The highest BCUT2D eigenvalue weighted by Crippen LogP contribution is 2.39. The molecular weight excluding hydrogens is 148 g/mol. The van der Waals surface area contributed by atoms with Crippen LogP contribution in [0.15, 0.2) is 18.2 Å². The Hall–Kier alpha value is -0.980. The summed E-state index contributed by atoms with van der Waals surface area (Å²) < 4.78 is 5.64. The maximum atomic E-state index is 5.64. The van der Waals surface area contributed by atoms with E-state index in [-0.39, 0.29) is 5.41 Å². The van der Waals surface area contributed by atoms with E-state index in [1.54, 1.807) is 0 Å². The van der Waals surface area contributed by atoms with Crippen LogP contribution < -0.4 is 4.74 Å². The van der Waals surface area contributed by atoms with Crippen molar-refractivity contribution in [2.24, 2.45) is 0 Å². The first-order chi connectivity index (χ1) is 5.61. The van der Waals surface area contributed by atoms with Gasteiger partial charge in [0.05, 0.1) is 6.61 Å². The molecule has 1 aliphatic heterocycles. The molecule has 0 aromatic heterocycles. The Bertz CT molecular complexity index is 313. The SMILES string of the molecule is Cc1cccc2c1OCC2(C)C. The third-order valence-electron chi connectivity index (χ3n) is 2.52. The average molecular weight is 162 g/mol. The van der Waals surface area contributed by atoms with E-state index in [9.17, 15) is 0 Å². The molecule has 0 spiro atoms. The van der Waals surface area contributed by atoms with Gasteiger partial charge in [0.15, 0.2) is 0 Å². The summed E-state index contributed by atoms with van der Waals surface area (Å²) in [6, 6.07) is 6.36. The highest BCUT2D eigenvalue weighted by molar-refractivity contribution is 5.47. The number of para-hydroxylation sites is 1. The Balaban J connectivity index is 2.61. The number of rotatable bonds is 0. The highest BCUT2D eigenvalue weighted by atomic mass is 16.5. The summed E-state index contributed by atoms with van der Waals surface area (Å²) in [5.74, 6) is 1.10. The van der Waals surface area contributed by atoms with E-state index in [0.29, 0.717) is 0 Å². The molecule has 12 heavy (non-hydrogen) atoms. The second kappa shape index (κ2) is 2.25. The lowest BCUT2D eigenvalue weighted by atomic mass is 9.86. The third-order valence-corrected chi connectivity index (χ3v) is 2.52. The van der Waals surface area contributed by atoms with E-state index in [1.165, 1.54) is 11.1 Å². The Labute approximate surface area is 73.4 Å². The summed E-state index contributed by atoms with van der Waals surface area (Å²) in [6.07, 6.45) is 0. The van der Waals surface area contributed by atoms with Crippen molar-refractivity contribution in [1.29, 1.82) is 0 Å². The number of aryl methyl sites for hydroxylation is 1. The van der Waals surface area contributed by atoms with Gasteiger partial charge >= 0.3 is 0 Å². The molecule has 0 bridgehead atoms. The number of hydrogen-bond donors (Lipinski definition) is 0. The van der Waals surface area contributed by atoms with Gasteiger partial charge in [-0.3, -0.25) is 0 Å². The first kappa shape index (κ1) is 7.66. The minimum absolute atomic E-state index is 0.196. The maximum absolute atomic E-state index is 5.64. The van der Waals surface area contributed by atoms with Crippen LogP contribution in [0.1, 0.15) is 25.0 Å². The average Bonchev–Trinajstić information content (AvgIpc) is 2.30. The molecule has 1 aromatic carbocycles. The fraction of sp³-hybridized carbons (Fsp3) is 0.455. The van der Waals surface area contributed by atoms with Crippen molar-refractivity contribution in [3.8, 4) is 5.75 Å². The summed E-state index contributed by atoms with van der Waals surface area (Å²) in [4.78, 5) is 0. The molecule has 1 heteroatoms. The Morgan fingerprint density at radius 1 is 1.33 bits per heavy atom. The maximum Gasteiger partial charge on any atom is 0.126 e. The van der Waals surface area contributed by atoms with Gasteiger partial charge in [-0.1, -0.05) is 32.0 Å². The molecule has 1 nitrogen and oxygen atoms in total. The molecule has 0 aliphatic carbocycles. The normalized spacial score (nSPS) is 18.6. The summed E-state index contributed by atoms with van der Waals surface area (Å²) in [5, 5.41) is 0. The van der Waals surface area contributed by atoms with Crippen molar-refractivity contribution in [2.75, 3.05) is 6.61 Å². The Kier molecular flexibility index (Phi) is 1.44. The molecular formula is C11H14O. The van der Waals surface area contributed by atoms with Crippen molar-refractivity contribution in [3.63, 3.8) is 0 Å². The molecule has 2 rings (SSSR count). The van der Waals surface area contributed by atoms with E-state index in [0.717, 1.165) is 12.4 Å². The molecule has 0 unspecified atom stereocenters. The van der Waals surface area contributed by atoms with Gasteiger partial charge in [0.2, 0.25) is 0 Å². The predicted molar refractivity (Wildman–Crippen MR) is 49.7 cm³/mol. The van der Waals surface area contributed by atoms with Gasteiger partial charge in [-0.2, -0.15) is 0 Å². The van der Waals surface area contributed by atoms with Crippen LogP contribution in [-0.4, -0.2) is 6.61 Å². The zero-order valence-corrected chi connectivity index (χ0v) is 7.85. The van der Waals surface area contributed by atoms with Crippen LogP contribution in [0.25, 0.3) is 0 Å². The van der Waals surface area contributed by atoms with Crippen LogP contribution in [0.3, 0.4) is 0 Å². The van der Waals surface area contributed by atoms with Crippen molar-refractivity contribution in [2.45, 2.75) is 26.2 Å². The van der Waals surface area contributed by atoms with E-state index < -0.39 is 0 Å². The molecule has 1 aromatic rings. The Morgan fingerprint density at radius 2 is 2.08 bits per heavy atom. The van der Waals surface area contributed by atoms with Crippen molar-refractivity contribution < 1.29 is 4.74 Å². The monoisotopic (exact) mass is 162 g/mol. The lowest BCUT2D eigenvalue weighted by Gasteiger charge is -2.14. The molecule has 1 aliphatic rings. The summed E-state index contributed by atoms with van der Waals surface area (Å²) in [6.45, 7) is 7.35. The van der Waals surface area contributed by atoms with E-state index in [2.05, 4.69) is 39.0 Å². The lowest BCUT2D eigenvalue weighted by Crippen LogP contribution is -2.18. The van der Waals surface area contributed by atoms with E-state index in [1.807, 2.05) is 0 Å². The molecule has 0 radical (unpaired) electrons. The molecule has 0 amide bonds. The van der Waals surface area contributed by atoms with Gasteiger partial charge in [-0.25, -0.2) is 0 Å². The predicted octanol–water partition coefficient (Wildman–Crippen LogP) is 2.67. The minimum atomic E-state index is 0.196. The van der Waals surface area contributed by atoms with E-state index >= 15 is 0 Å². The number of benzene rings is 1. The standard InChI is InChI=1S/C11H14O/c1-8-5-4-6-9-10(8)12-7-11(9,2)3/h4-6H,7H2,1-3H3.